The van der Waals surface area contributed by atoms with Gasteiger partial charge in [-0.15, -0.1) is 0 Å². The Bertz CT molecular complexity index is 210. The molecule has 0 aromatic carbocycles. The Labute approximate surface area is 67.8 Å². The number of amidine groups is 1. The van der Waals surface area contributed by atoms with Crippen LogP contribution in [0.1, 0.15) is 6.92 Å². The van der Waals surface area contributed by atoms with Gasteiger partial charge in [0.2, 0.25) is 0 Å². The van der Waals surface area contributed by atoms with E-state index in [0.717, 1.165) is 5.57 Å². The molecule has 0 aliphatic heterocycles. The van der Waals surface area contributed by atoms with Crippen molar-refractivity contribution >= 4 is 5.84 Å². The number of rotatable bonds is 3. The molecule has 0 rings (SSSR count). The van der Waals surface area contributed by atoms with E-state index in [1.165, 1.54) is 0 Å². The normalized spacial score (nSPS) is 13.1. The monoisotopic (exact) mass is 150 g/mol. The van der Waals surface area contributed by atoms with E-state index >= 15 is 0 Å². The first kappa shape index (κ1) is 9.69. The molecule has 0 bridgehead atoms. The summed E-state index contributed by atoms with van der Waals surface area (Å²) in [5.74, 6) is 0.478. The standard InChI is InChI=1S/C9H14N2/c1-4-5-6-7-8(2)9(10)11-3/h4-7H,2H2,1,3H3,(H2,10,11)/b5-4-,7-6-. The van der Waals surface area contributed by atoms with Crippen LogP contribution >= 0.6 is 0 Å². The Morgan fingerprint density at radius 2 is 2.09 bits per heavy atom. The van der Waals surface area contributed by atoms with Gasteiger partial charge in [0, 0.05) is 12.6 Å². The largest absolute Gasteiger partial charge is 0.384 e. The summed E-state index contributed by atoms with van der Waals surface area (Å²) in [5, 5.41) is 0. The van der Waals surface area contributed by atoms with E-state index in [1.54, 1.807) is 7.05 Å². The molecule has 2 heteroatoms. The highest BCUT2D eigenvalue weighted by Crippen LogP contribution is 1.92. The number of nitrogens with two attached hydrogens (primary N) is 1. The van der Waals surface area contributed by atoms with Gasteiger partial charge in [-0.2, -0.15) is 0 Å². The van der Waals surface area contributed by atoms with Gasteiger partial charge in [-0.1, -0.05) is 30.9 Å². The molecule has 11 heavy (non-hydrogen) atoms. The number of hydrogen-bond acceptors (Lipinski definition) is 1. The van der Waals surface area contributed by atoms with Crippen LogP contribution in [-0.4, -0.2) is 12.9 Å². The fourth-order valence-electron chi connectivity index (χ4n) is 0.512. The fraction of sp³-hybridized carbons (Fsp3) is 0.222. The molecular weight excluding hydrogens is 136 g/mol. The van der Waals surface area contributed by atoms with E-state index in [0.29, 0.717) is 5.84 Å². The molecule has 0 radical (unpaired) electrons. The predicted molar refractivity (Wildman–Crippen MR) is 50.6 cm³/mol. The Balaban J connectivity index is 4.08. The van der Waals surface area contributed by atoms with Gasteiger partial charge in [0.15, 0.2) is 0 Å². The Morgan fingerprint density at radius 3 is 2.55 bits per heavy atom. The molecule has 0 amide bonds. The maximum Gasteiger partial charge on any atom is 0.124 e. The average molecular weight is 150 g/mol. The van der Waals surface area contributed by atoms with Crippen LogP contribution in [0.5, 0.6) is 0 Å². The van der Waals surface area contributed by atoms with E-state index in [-0.39, 0.29) is 0 Å². The van der Waals surface area contributed by atoms with E-state index < -0.39 is 0 Å². The van der Waals surface area contributed by atoms with E-state index in [1.807, 2.05) is 31.2 Å². The summed E-state index contributed by atoms with van der Waals surface area (Å²) >= 11 is 0. The number of nitrogens with zero attached hydrogens (tertiary/aromatic N) is 1. The molecule has 0 unspecified atom stereocenters. The second kappa shape index (κ2) is 5.47. The van der Waals surface area contributed by atoms with Crippen molar-refractivity contribution in [2.45, 2.75) is 6.92 Å². The second-order valence-corrected chi connectivity index (χ2v) is 2.02. The fourth-order valence-corrected chi connectivity index (χ4v) is 0.512. The average Bonchev–Trinajstić information content (AvgIpc) is 2.03. The van der Waals surface area contributed by atoms with Crippen molar-refractivity contribution in [3.8, 4) is 0 Å². The first-order valence-corrected chi connectivity index (χ1v) is 3.43. The minimum absolute atomic E-state index is 0.478. The van der Waals surface area contributed by atoms with Crippen LogP contribution in [0.2, 0.25) is 0 Å². The molecule has 0 spiro atoms. The topological polar surface area (TPSA) is 38.4 Å². The summed E-state index contributed by atoms with van der Waals surface area (Å²) in [7, 11) is 1.64. The lowest BCUT2D eigenvalue weighted by molar-refractivity contribution is 1.40. The van der Waals surface area contributed by atoms with Crippen molar-refractivity contribution in [1.82, 2.24) is 0 Å². The molecule has 0 aromatic rings. The highest BCUT2D eigenvalue weighted by atomic mass is 14.8. The summed E-state index contributed by atoms with van der Waals surface area (Å²) in [6.07, 6.45) is 7.54. The highest BCUT2D eigenvalue weighted by Gasteiger charge is 1.89. The van der Waals surface area contributed by atoms with E-state index in [9.17, 15) is 0 Å². The summed E-state index contributed by atoms with van der Waals surface area (Å²) in [5.41, 5.74) is 6.22. The van der Waals surface area contributed by atoms with Crippen molar-refractivity contribution in [1.29, 1.82) is 0 Å². The summed E-state index contributed by atoms with van der Waals surface area (Å²) < 4.78 is 0. The van der Waals surface area contributed by atoms with Crippen molar-refractivity contribution in [3.63, 3.8) is 0 Å². The van der Waals surface area contributed by atoms with Crippen molar-refractivity contribution in [3.05, 3.63) is 36.5 Å². The number of allylic oxidation sites excluding steroid dienone is 3. The van der Waals surface area contributed by atoms with Crippen LogP contribution in [0.4, 0.5) is 0 Å². The molecule has 2 N–H and O–H groups in total. The summed E-state index contributed by atoms with van der Waals surface area (Å²) in [6.45, 7) is 5.67. The Kier molecular flexibility index (Phi) is 4.82. The summed E-state index contributed by atoms with van der Waals surface area (Å²) in [6, 6.07) is 0. The molecule has 0 aliphatic carbocycles. The quantitative estimate of drug-likeness (QED) is 0.371. The SMILES string of the molecule is C=C(/C=C\C=C/C)C(N)=NC. The Morgan fingerprint density at radius 1 is 1.45 bits per heavy atom. The lowest BCUT2D eigenvalue weighted by atomic mass is 10.2. The second-order valence-electron chi connectivity index (χ2n) is 2.02. The van der Waals surface area contributed by atoms with Gasteiger partial charge in [-0.05, 0) is 6.92 Å². The van der Waals surface area contributed by atoms with Crippen molar-refractivity contribution in [2.24, 2.45) is 10.7 Å². The van der Waals surface area contributed by atoms with E-state index in [2.05, 4.69) is 11.6 Å². The molecule has 2 nitrogen and oxygen atoms in total. The third-order valence-corrected chi connectivity index (χ3v) is 1.17. The van der Waals surface area contributed by atoms with Crippen LogP contribution in [0.15, 0.2) is 41.4 Å². The zero-order valence-electron chi connectivity index (χ0n) is 7.04. The predicted octanol–water partition coefficient (Wildman–Crippen LogP) is 1.66. The zero-order chi connectivity index (χ0) is 8.69. The summed E-state index contributed by atoms with van der Waals surface area (Å²) in [4.78, 5) is 3.79. The molecule has 0 saturated carbocycles. The van der Waals surface area contributed by atoms with Crippen molar-refractivity contribution in [2.75, 3.05) is 7.05 Å². The molecule has 60 valence electrons. The molecule has 0 heterocycles. The third-order valence-electron chi connectivity index (χ3n) is 1.17. The van der Waals surface area contributed by atoms with Gasteiger partial charge in [0.25, 0.3) is 0 Å². The maximum absolute atomic E-state index is 5.47. The van der Waals surface area contributed by atoms with Gasteiger partial charge in [0.1, 0.15) is 5.84 Å². The molecular formula is C9H14N2. The smallest absolute Gasteiger partial charge is 0.124 e. The number of aliphatic imine (C=N–C) groups is 1. The van der Waals surface area contributed by atoms with E-state index in [4.69, 9.17) is 5.73 Å². The maximum atomic E-state index is 5.47. The Hall–Kier alpha value is -1.31. The lowest BCUT2D eigenvalue weighted by Crippen LogP contribution is -2.12. The van der Waals surface area contributed by atoms with Crippen molar-refractivity contribution < 1.29 is 0 Å². The van der Waals surface area contributed by atoms with Gasteiger partial charge in [-0.3, -0.25) is 4.99 Å². The molecule has 0 aliphatic rings. The zero-order valence-corrected chi connectivity index (χ0v) is 7.04. The molecule has 0 aromatic heterocycles. The first-order chi connectivity index (χ1) is 5.22. The first-order valence-electron chi connectivity index (χ1n) is 3.43. The van der Waals surface area contributed by atoms with Crippen LogP contribution in [0.3, 0.4) is 0 Å². The third kappa shape index (κ3) is 4.14. The van der Waals surface area contributed by atoms with Crippen LogP contribution < -0.4 is 5.73 Å². The molecule has 0 atom stereocenters. The molecule has 0 saturated heterocycles. The number of hydrogen-bond donors (Lipinski definition) is 1. The van der Waals surface area contributed by atoms with Gasteiger partial charge in [-0.25, -0.2) is 0 Å². The lowest BCUT2D eigenvalue weighted by Gasteiger charge is -1.94. The minimum Gasteiger partial charge on any atom is -0.384 e. The van der Waals surface area contributed by atoms with Crippen LogP contribution in [0, 0.1) is 0 Å². The minimum atomic E-state index is 0.478. The van der Waals surface area contributed by atoms with Gasteiger partial charge < -0.3 is 5.73 Å². The van der Waals surface area contributed by atoms with Crippen LogP contribution in [-0.2, 0) is 0 Å². The van der Waals surface area contributed by atoms with Crippen LogP contribution in [0.25, 0.3) is 0 Å². The molecule has 0 fully saturated rings. The van der Waals surface area contributed by atoms with Gasteiger partial charge in [0.05, 0.1) is 0 Å². The van der Waals surface area contributed by atoms with Gasteiger partial charge >= 0.3 is 0 Å². The highest BCUT2D eigenvalue weighted by molar-refractivity contribution is 5.98.